The van der Waals surface area contributed by atoms with Gasteiger partial charge in [-0.1, -0.05) is 30.1 Å². The lowest BCUT2D eigenvalue weighted by molar-refractivity contribution is 0.628. The highest BCUT2D eigenvalue weighted by atomic mass is 35.5. The predicted octanol–water partition coefficient (Wildman–Crippen LogP) is 4.27. The molecule has 1 heterocycles. The van der Waals surface area contributed by atoms with Gasteiger partial charge in [0.2, 0.25) is 0 Å². The molecule has 0 saturated heterocycles. The van der Waals surface area contributed by atoms with E-state index in [9.17, 15) is 4.39 Å². The maximum absolute atomic E-state index is 13.2. The average molecular weight is 315 g/mol. The van der Waals surface area contributed by atoms with E-state index in [0.29, 0.717) is 11.5 Å². The standard InChI is InChI=1S/C13H13Cl2FN4/c1-3-8-12(17-2)18-6-19-13(8)20-11-9(14)4-7(16)5-10(11)15/h4-6H,3H2,1-2H3,(H2,17,18,19,20). The molecule has 2 N–H and O–H groups in total. The molecular formula is C13H13Cl2FN4. The molecule has 0 saturated carbocycles. The normalized spacial score (nSPS) is 10.4. The molecule has 0 spiro atoms. The summed E-state index contributed by atoms with van der Waals surface area (Å²) < 4.78 is 13.2. The molecule has 1 aromatic carbocycles. The van der Waals surface area contributed by atoms with E-state index in [0.717, 1.165) is 17.8 Å². The zero-order valence-corrected chi connectivity index (χ0v) is 12.5. The van der Waals surface area contributed by atoms with Crippen LogP contribution in [0.1, 0.15) is 12.5 Å². The molecule has 4 nitrogen and oxygen atoms in total. The van der Waals surface area contributed by atoms with E-state index < -0.39 is 5.82 Å². The lowest BCUT2D eigenvalue weighted by atomic mass is 10.2. The summed E-state index contributed by atoms with van der Waals surface area (Å²) in [5.74, 6) is 0.821. The Kier molecular flexibility index (Phi) is 4.62. The average Bonchev–Trinajstić information content (AvgIpc) is 2.42. The third-order valence-corrected chi connectivity index (χ3v) is 3.38. The molecule has 0 aliphatic heterocycles. The van der Waals surface area contributed by atoms with Gasteiger partial charge in [-0.15, -0.1) is 0 Å². The van der Waals surface area contributed by atoms with Gasteiger partial charge in [0.25, 0.3) is 0 Å². The van der Waals surface area contributed by atoms with Crippen molar-refractivity contribution in [3.63, 3.8) is 0 Å². The number of nitrogens with one attached hydrogen (secondary N) is 2. The largest absolute Gasteiger partial charge is 0.373 e. The number of halogens is 3. The third-order valence-electron chi connectivity index (χ3n) is 2.79. The van der Waals surface area contributed by atoms with E-state index >= 15 is 0 Å². The molecule has 106 valence electrons. The number of nitrogens with zero attached hydrogens (tertiary/aromatic N) is 2. The fourth-order valence-electron chi connectivity index (χ4n) is 1.85. The smallest absolute Gasteiger partial charge is 0.139 e. The Hall–Kier alpha value is -1.59. The lowest BCUT2D eigenvalue weighted by Gasteiger charge is -2.14. The van der Waals surface area contributed by atoms with Gasteiger partial charge >= 0.3 is 0 Å². The second-order valence-electron chi connectivity index (χ2n) is 4.02. The van der Waals surface area contributed by atoms with Gasteiger partial charge in [0.15, 0.2) is 0 Å². The highest BCUT2D eigenvalue weighted by molar-refractivity contribution is 6.39. The van der Waals surface area contributed by atoms with Crippen molar-refractivity contribution < 1.29 is 4.39 Å². The van der Waals surface area contributed by atoms with Crippen molar-refractivity contribution in [2.24, 2.45) is 0 Å². The van der Waals surface area contributed by atoms with E-state index in [1.54, 1.807) is 7.05 Å². The highest BCUT2D eigenvalue weighted by Gasteiger charge is 2.13. The first-order valence-corrected chi connectivity index (χ1v) is 6.75. The van der Waals surface area contributed by atoms with Crippen molar-refractivity contribution in [3.8, 4) is 0 Å². The third kappa shape index (κ3) is 2.94. The van der Waals surface area contributed by atoms with Gasteiger partial charge in [0.1, 0.15) is 23.8 Å². The Balaban J connectivity index is 2.45. The van der Waals surface area contributed by atoms with Gasteiger partial charge in [0, 0.05) is 12.6 Å². The van der Waals surface area contributed by atoms with Crippen LogP contribution >= 0.6 is 23.2 Å². The summed E-state index contributed by atoms with van der Waals surface area (Å²) in [6.45, 7) is 1.98. The van der Waals surface area contributed by atoms with Crippen LogP contribution in [0, 0.1) is 5.82 Å². The van der Waals surface area contributed by atoms with Gasteiger partial charge in [-0.25, -0.2) is 14.4 Å². The molecule has 0 atom stereocenters. The van der Waals surface area contributed by atoms with Crippen LogP contribution in [0.5, 0.6) is 0 Å². The van der Waals surface area contributed by atoms with Crippen LogP contribution in [-0.4, -0.2) is 17.0 Å². The van der Waals surface area contributed by atoms with Crippen LogP contribution in [0.4, 0.5) is 21.7 Å². The van der Waals surface area contributed by atoms with Crippen LogP contribution in [0.2, 0.25) is 10.0 Å². The second kappa shape index (κ2) is 6.24. The van der Waals surface area contributed by atoms with Crippen LogP contribution in [-0.2, 0) is 6.42 Å². The van der Waals surface area contributed by atoms with Gasteiger partial charge in [-0.05, 0) is 18.6 Å². The number of hydrogen-bond donors (Lipinski definition) is 2. The zero-order valence-electron chi connectivity index (χ0n) is 11.0. The summed E-state index contributed by atoms with van der Waals surface area (Å²) in [6, 6.07) is 2.39. The van der Waals surface area contributed by atoms with Crippen molar-refractivity contribution in [2.75, 3.05) is 17.7 Å². The van der Waals surface area contributed by atoms with Crippen molar-refractivity contribution in [1.82, 2.24) is 9.97 Å². The molecule has 0 aliphatic carbocycles. The molecule has 0 fully saturated rings. The fourth-order valence-corrected chi connectivity index (χ4v) is 2.41. The molecule has 0 radical (unpaired) electrons. The molecule has 0 unspecified atom stereocenters. The SMILES string of the molecule is CCc1c(NC)ncnc1Nc1c(Cl)cc(F)cc1Cl. The Labute approximate surface area is 126 Å². The quantitative estimate of drug-likeness (QED) is 0.884. The van der Waals surface area contributed by atoms with Gasteiger partial charge in [-0.3, -0.25) is 0 Å². The molecule has 2 rings (SSSR count). The van der Waals surface area contributed by atoms with E-state index in [1.807, 2.05) is 6.92 Å². The fraction of sp³-hybridized carbons (Fsp3) is 0.231. The minimum atomic E-state index is -0.486. The molecule has 1 aromatic heterocycles. The molecule has 20 heavy (non-hydrogen) atoms. The van der Waals surface area contributed by atoms with Gasteiger partial charge in [0.05, 0.1) is 15.7 Å². The summed E-state index contributed by atoms with van der Waals surface area (Å²) in [4.78, 5) is 8.33. The van der Waals surface area contributed by atoms with Crippen LogP contribution in [0.3, 0.4) is 0 Å². The predicted molar refractivity (Wildman–Crippen MR) is 80.7 cm³/mol. The summed E-state index contributed by atoms with van der Waals surface area (Å²) in [6.07, 6.45) is 2.15. The van der Waals surface area contributed by atoms with Crippen LogP contribution < -0.4 is 10.6 Å². The summed E-state index contributed by atoms with van der Waals surface area (Å²) >= 11 is 12.0. The van der Waals surface area contributed by atoms with Crippen LogP contribution in [0.25, 0.3) is 0 Å². The van der Waals surface area contributed by atoms with Gasteiger partial charge < -0.3 is 10.6 Å². The molecule has 7 heteroatoms. The Morgan fingerprint density at radius 3 is 2.30 bits per heavy atom. The first kappa shape index (κ1) is 14.8. The summed E-state index contributed by atoms with van der Waals surface area (Å²) in [5.41, 5.74) is 1.32. The zero-order chi connectivity index (χ0) is 14.7. The molecule has 2 aromatic rings. The minimum absolute atomic E-state index is 0.196. The van der Waals surface area contributed by atoms with E-state index in [2.05, 4.69) is 20.6 Å². The van der Waals surface area contributed by atoms with Crippen molar-refractivity contribution in [2.45, 2.75) is 13.3 Å². The number of rotatable bonds is 4. The molecule has 0 amide bonds. The second-order valence-corrected chi connectivity index (χ2v) is 4.84. The van der Waals surface area contributed by atoms with Crippen molar-refractivity contribution >= 4 is 40.5 Å². The molecular weight excluding hydrogens is 302 g/mol. The number of anilines is 3. The molecule has 0 bridgehead atoms. The monoisotopic (exact) mass is 314 g/mol. The lowest BCUT2D eigenvalue weighted by Crippen LogP contribution is -2.05. The van der Waals surface area contributed by atoms with E-state index in [4.69, 9.17) is 23.2 Å². The first-order chi connectivity index (χ1) is 9.56. The Morgan fingerprint density at radius 2 is 1.75 bits per heavy atom. The number of hydrogen-bond acceptors (Lipinski definition) is 4. The van der Waals surface area contributed by atoms with Crippen molar-refractivity contribution in [3.05, 3.63) is 39.9 Å². The first-order valence-electron chi connectivity index (χ1n) is 6.00. The summed E-state index contributed by atoms with van der Waals surface area (Å²) in [5, 5.41) is 6.43. The Morgan fingerprint density at radius 1 is 1.15 bits per heavy atom. The minimum Gasteiger partial charge on any atom is -0.373 e. The van der Waals surface area contributed by atoms with Crippen molar-refractivity contribution in [1.29, 1.82) is 0 Å². The number of aromatic nitrogens is 2. The maximum atomic E-state index is 13.2. The summed E-state index contributed by atoms with van der Waals surface area (Å²) in [7, 11) is 1.78. The number of benzene rings is 1. The van der Waals surface area contributed by atoms with Crippen LogP contribution in [0.15, 0.2) is 18.5 Å². The Bertz CT molecular complexity index is 611. The molecule has 0 aliphatic rings. The topological polar surface area (TPSA) is 49.8 Å². The van der Waals surface area contributed by atoms with Gasteiger partial charge in [-0.2, -0.15) is 0 Å². The highest BCUT2D eigenvalue weighted by Crippen LogP contribution is 2.34. The van der Waals surface area contributed by atoms with E-state index in [1.165, 1.54) is 18.5 Å². The van der Waals surface area contributed by atoms with E-state index in [-0.39, 0.29) is 10.0 Å². The maximum Gasteiger partial charge on any atom is 0.139 e.